The largest absolute Gasteiger partial charge is 0.479 e. The molecule has 0 aliphatic heterocycles. The number of anilines is 2. The van der Waals surface area contributed by atoms with Gasteiger partial charge in [-0.3, -0.25) is 4.79 Å². The van der Waals surface area contributed by atoms with Crippen molar-refractivity contribution in [3.05, 3.63) is 35.2 Å². The second-order valence-corrected chi connectivity index (χ2v) is 4.69. The van der Waals surface area contributed by atoms with E-state index >= 15 is 0 Å². The van der Waals surface area contributed by atoms with Gasteiger partial charge in [0.15, 0.2) is 10.8 Å². The summed E-state index contributed by atoms with van der Waals surface area (Å²) in [7, 11) is 5.19. The molecule has 110 valence electrons. The SMILES string of the molecule is COc1nccc(N(C)C)c1NC(=O)c1ccc(Cl)nn1. The second kappa shape index (κ2) is 6.36. The van der Waals surface area contributed by atoms with Gasteiger partial charge in [0.05, 0.1) is 12.8 Å². The molecule has 2 heterocycles. The third-order valence-corrected chi connectivity index (χ3v) is 2.87. The zero-order valence-corrected chi connectivity index (χ0v) is 12.5. The number of nitrogens with one attached hydrogen (secondary N) is 1. The first-order chi connectivity index (χ1) is 10.0. The number of carbonyl (C=O) groups is 1. The van der Waals surface area contributed by atoms with E-state index in [1.165, 1.54) is 19.2 Å². The molecule has 0 radical (unpaired) electrons. The highest BCUT2D eigenvalue weighted by atomic mass is 35.5. The Bertz CT molecular complexity index is 646. The number of carbonyl (C=O) groups excluding carboxylic acids is 1. The number of nitrogens with zero attached hydrogens (tertiary/aromatic N) is 4. The Morgan fingerprint density at radius 1 is 1.29 bits per heavy atom. The van der Waals surface area contributed by atoms with Crippen LogP contribution in [0, 0.1) is 0 Å². The Hall–Kier alpha value is -2.41. The summed E-state index contributed by atoms with van der Waals surface area (Å²) in [5.74, 6) is -0.106. The summed E-state index contributed by atoms with van der Waals surface area (Å²) in [5.41, 5.74) is 1.37. The predicted molar refractivity (Wildman–Crippen MR) is 80.1 cm³/mol. The molecular formula is C13H14ClN5O2. The van der Waals surface area contributed by atoms with Crippen LogP contribution in [0.1, 0.15) is 10.5 Å². The molecule has 0 aromatic carbocycles. The molecule has 0 aliphatic carbocycles. The van der Waals surface area contributed by atoms with E-state index in [2.05, 4.69) is 20.5 Å². The van der Waals surface area contributed by atoms with Crippen molar-refractivity contribution in [2.45, 2.75) is 0 Å². The minimum Gasteiger partial charge on any atom is -0.479 e. The van der Waals surface area contributed by atoms with E-state index < -0.39 is 5.91 Å². The molecule has 2 aromatic rings. The fourth-order valence-corrected chi connectivity index (χ4v) is 1.79. The van der Waals surface area contributed by atoms with Crippen LogP contribution in [0.5, 0.6) is 5.88 Å². The smallest absolute Gasteiger partial charge is 0.276 e. The summed E-state index contributed by atoms with van der Waals surface area (Å²) in [6, 6.07) is 4.76. The zero-order chi connectivity index (χ0) is 15.4. The normalized spacial score (nSPS) is 10.1. The number of halogens is 1. The Balaban J connectivity index is 2.34. The lowest BCUT2D eigenvalue weighted by Gasteiger charge is -2.19. The van der Waals surface area contributed by atoms with E-state index in [0.717, 1.165) is 5.69 Å². The lowest BCUT2D eigenvalue weighted by Crippen LogP contribution is -2.19. The van der Waals surface area contributed by atoms with Crippen LogP contribution in [0.4, 0.5) is 11.4 Å². The topological polar surface area (TPSA) is 80.2 Å². The van der Waals surface area contributed by atoms with E-state index in [4.69, 9.17) is 16.3 Å². The number of methoxy groups -OCH3 is 1. The highest BCUT2D eigenvalue weighted by molar-refractivity contribution is 6.29. The van der Waals surface area contributed by atoms with E-state index in [1.54, 1.807) is 12.3 Å². The van der Waals surface area contributed by atoms with Gasteiger partial charge >= 0.3 is 0 Å². The molecule has 8 heteroatoms. The van der Waals surface area contributed by atoms with Crippen molar-refractivity contribution < 1.29 is 9.53 Å². The van der Waals surface area contributed by atoms with Crippen molar-refractivity contribution in [3.8, 4) is 5.88 Å². The van der Waals surface area contributed by atoms with Crippen molar-refractivity contribution in [2.75, 3.05) is 31.4 Å². The molecule has 0 saturated carbocycles. The van der Waals surface area contributed by atoms with Crippen molar-refractivity contribution in [2.24, 2.45) is 0 Å². The zero-order valence-electron chi connectivity index (χ0n) is 11.8. The van der Waals surface area contributed by atoms with Crippen LogP contribution in [0.15, 0.2) is 24.4 Å². The van der Waals surface area contributed by atoms with Crippen LogP contribution in [0.3, 0.4) is 0 Å². The van der Waals surface area contributed by atoms with E-state index in [9.17, 15) is 4.79 Å². The van der Waals surface area contributed by atoms with Gasteiger partial charge in [-0.25, -0.2) is 4.98 Å². The lowest BCUT2D eigenvalue weighted by atomic mass is 10.3. The van der Waals surface area contributed by atoms with Gasteiger partial charge in [0.2, 0.25) is 5.88 Å². The maximum Gasteiger partial charge on any atom is 0.276 e. The number of aromatic nitrogens is 3. The fourth-order valence-electron chi connectivity index (χ4n) is 1.69. The van der Waals surface area contributed by atoms with Gasteiger partial charge in [-0.1, -0.05) is 11.6 Å². The van der Waals surface area contributed by atoms with Crippen LogP contribution < -0.4 is 15.0 Å². The van der Waals surface area contributed by atoms with Gasteiger partial charge in [0.1, 0.15) is 5.69 Å². The molecule has 0 unspecified atom stereocenters. The standard InChI is InChI=1S/C13H14ClN5O2/c1-19(2)9-6-7-15-13(21-3)11(9)16-12(20)8-4-5-10(14)18-17-8/h4-7H,1-3H3,(H,16,20). The van der Waals surface area contributed by atoms with Gasteiger partial charge in [0.25, 0.3) is 5.91 Å². The molecule has 0 atom stereocenters. The number of pyridine rings is 1. The van der Waals surface area contributed by atoms with Crippen molar-refractivity contribution in [1.29, 1.82) is 0 Å². The summed E-state index contributed by atoms with van der Waals surface area (Å²) in [5, 5.41) is 10.3. The molecule has 7 nitrogen and oxygen atoms in total. The number of hydrogen-bond acceptors (Lipinski definition) is 6. The van der Waals surface area contributed by atoms with Crippen molar-refractivity contribution >= 4 is 28.9 Å². The second-order valence-electron chi connectivity index (χ2n) is 4.30. The third kappa shape index (κ3) is 3.38. The Kier molecular flexibility index (Phi) is 4.54. The van der Waals surface area contributed by atoms with Crippen LogP contribution >= 0.6 is 11.6 Å². The molecule has 2 rings (SSSR count). The van der Waals surface area contributed by atoms with Crippen LogP contribution in [0.2, 0.25) is 5.15 Å². The quantitative estimate of drug-likeness (QED) is 0.928. The number of ether oxygens (including phenoxy) is 1. The minimum atomic E-state index is -0.423. The van der Waals surface area contributed by atoms with E-state index in [1.807, 2.05) is 19.0 Å². The van der Waals surface area contributed by atoms with Crippen molar-refractivity contribution in [3.63, 3.8) is 0 Å². The maximum atomic E-state index is 12.2. The molecule has 0 aliphatic rings. The monoisotopic (exact) mass is 307 g/mol. The first-order valence-corrected chi connectivity index (χ1v) is 6.41. The highest BCUT2D eigenvalue weighted by Crippen LogP contribution is 2.32. The average molecular weight is 308 g/mol. The molecule has 0 saturated heterocycles. The third-order valence-electron chi connectivity index (χ3n) is 2.67. The maximum absolute atomic E-state index is 12.2. The molecule has 0 fully saturated rings. The average Bonchev–Trinajstić information content (AvgIpc) is 2.47. The molecule has 1 amide bonds. The molecule has 0 spiro atoms. The van der Waals surface area contributed by atoms with Crippen molar-refractivity contribution in [1.82, 2.24) is 15.2 Å². The van der Waals surface area contributed by atoms with Crippen LogP contribution in [-0.2, 0) is 0 Å². The first-order valence-electron chi connectivity index (χ1n) is 6.04. The summed E-state index contributed by atoms with van der Waals surface area (Å²) in [4.78, 5) is 18.1. The van der Waals surface area contributed by atoms with Gasteiger partial charge in [-0.2, -0.15) is 0 Å². The molecule has 21 heavy (non-hydrogen) atoms. The summed E-state index contributed by atoms with van der Waals surface area (Å²) >= 11 is 5.65. The molecule has 1 N–H and O–H groups in total. The van der Waals surface area contributed by atoms with Gasteiger partial charge in [-0.05, 0) is 18.2 Å². The predicted octanol–water partition coefficient (Wildman–Crippen LogP) is 1.85. The Labute approximate surface area is 126 Å². The van der Waals surface area contributed by atoms with Crippen LogP contribution in [0.25, 0.3) is 0 Å². The number of amides is 1. The van der Waals surface area contributed by atoms with Gasteiger partial charge < -0.3 is 15.0 Å². The van der Waals surface area contributed by atoms with E-state index in [-0.39, 0.29) is 10.8 Å². The fraction of sp³-hybridized carbons (Fsp3) is 0.231. The molecule has 0 bridgehead atoms. The van der Waals surface area contributed by atoms with Gasteiger partial charge in [0, 0.05) is 20.3 Å². The van der Waals surface area contributed by atoms with Gasteiger partial charge in [-0.15, -0.1) is 10.2 Å². The Morgan fingerprint density at radius 2 is 2.05 bits per heavy atom. The van der Waals surface area contributed by atoms with E-state index in [0.29, 0.717) is 11.6 Å². The van der Waals surface area contributed by atoms with Crippen LogP contribution in [-0.4, -0.2) is 42.3 Å². The minimum absolute atomic E-state index is 0.148. The summed E-state index contributed by atoms with van der Waals surface area (Å²) in [6.45, 7) is 0. The summed E-state index contributed by atoms with van der Waals surface area (Å²) in [6.07, 6.45) is 1.60. The molecule has 2 aromatic heterocycles. The first kappa shape index (κ1) is 15.0. The molecular weight excluding hydrogens is 294 g/mol. The Morgan fingerprint density at radius 3 is 2.62 bits per heavy atom. The number of rotatable bonds is 4. The lowest BCUT2D eigenvalue weighted by molar-refractivity contribution is 0.102. The summed E-state index contributed by atoms with van der Waals surface area (Å²) < 4.78 is 5.18. The highest BCUT2D eigenvalue weighted by Gasteiger charge is 2.17. The number of hydrogen-bond donors (Lipinski definition) is 1.